The summed E-state index contributed by atoms with van der Waals surface area (Å²) in [6.45, 7) is 6.92. The van der Waals surface area contributed by atoms with Crippen molar-refractivity contribution in [3.63, 3.8) is 0 Å². The summed E-state index contributed by atoms with van der Waals surface area (Å²) >= 11 is 0. The standard InChI is InChI=1S/C32H27N2/c1-20-14-15-25-24-12-8-9-13-26(24)34-27-19-23(32(2,3)22-10-6-5-7-11-22)18-21-16-17-33(4)31(29(21)27)28(20)30(25)34/h5-19H,1-4H3/q+1. The van der Waals surface area contributed by atoms with Gasteiger partial charge in [0.25, 0.3) is 0 Å². The Kier molecular flexibility index (Phi) is 3.78. The van der Waals surface area contributed by atoms with Gasteiger partial charge >= 0.3 is 0 Å². The Balaban J connectivity index is 1.77. The number of fused-ring (bicyclic) bond motifs is 5. The topological polar surface area (TPSA) is 8.29 Å². The molecular weight excluding hydrogens is 412 g/mol. The molecule has 0 unspecified atom stereocenters. The molecule has 34 heavy (non-hydrogen) atoms. The first kappa shape index (κ1) is 19.5. The van der Waals surface area contributed by atoms with Gasteiger partial charge in [-0.25, -0.2) is 4.57 Å². The molecule has 7 rings (SSSR count). The van der Waals surface area contributed by atoms with E-state index >= 15 is 0 Å². The minimum Gasteiger partial charge on any atom is -0.307 e. The zero-order valence-electron chi connectivity index (χ0n) is 20.1. The van der Waals surface area contributed by atoms with Gasteiger partial charge in [0, 0.05) is 22.3 Å². The van der Waals surface area contributed by atoms with Crippen molar-refractivity contribution in [1.29, 1.82) is 0 Å². The van der Waals surface area contributed by atoms with Crippen LogP contribution in [0.3, 0.4) is 0 Å². The lowest BCUT2D eigenvalue weighted by Crippen LogP contribution is -2.29. The summed E-state index contributed by atoms with van der Waals surface area (Å²) < 4.78 is 4.82. The van der Waals surface area contributed by atoms with Crippen LogP contribution in [0.15, 0.2) is 91.1 Å². The van der Waals surface area contributed by atoms with E-state index in [1.165, 1.54) is 65.7 Å². The van der Waals surface area contributed by atoms with Crippen molar-refractivity contribution >= 4 is 49.0 Å². The smallest absolute Gasteiger partial charge is 0.224 e. The Labute approximate surface area is 199 Å². The van der Waals surface area contributed by atoms with Gasteiger partial charge < -0.3 is 4.40 Å². The molecule has 0 aliphatic heterocycles. The molecule has 2 heteroatoms. The summed E-state index contributed by atoms with van der Waals surface area (Å²) in [4.78, 5) is 0. The highest BCUT2D eigenvalue weighted by Gasteiger charge is 2.28. The molecular formula is C32H27N2+. The zero-order valence-corrected chi connectivity index (χ0v) is 20.1. The minimum absolute atomic E-state index is 0.112. The van der Waals surface area contributed by atoms with Crippen molar-refractivity contribution in [1.82, 2.24) is 4.40 Å². The quantitative estimate of drug-likeness (QED) is 0.150. The van der Waals surface area contributed by atoms with Crippen LogP contribution in [0.1, 0.15) is 30.5 Å². The third-order valence-electron chi connectivity index (χ3n) is 7.96. The van der Waals surface area contributed by atoms with E-state index in [-0.39, 0.29) is 5.41 Å². The van der Waals surface area contributed by atoms with Crippen LogP contribution >= 0.6 is 0 Å². The number of rotatable bonds is 2. The summed E-state index contributed by atoms with van der Waals surface area (Å²) in [5.41, 5.74) is 9.07. The highest BCUT2D eigenvalue weighted by molar-refractivity contribution is 6.25. The van der Waals surface area contributed by atoms with Gasteiger partial charge in [-0.05, 0) is 47.2 Å². The number of aromatic nitrogens is 2. The maximum Gasteiger partial charge on any atom is 0.224 e. The molecule has 0 amide bonds. The maximum atomic E-state index is 2.52. The molecule has 0 spiro atoms. The second-order valence-corrected chi connectivity index (χ2v) is 10.2. The molecule has 3 aromatic heterocycles. The minimum atomic E-state index is -0.112. The number of para-hydroxylation sites is 1. The molecule has 2 nitrogen and oxygen atoms in total. The highest BCUT2D eigenvalue weighted by Crippen LogP contribution is 2.42. The van der Waals surface area contributed by atoms with Crippen LogP contribution in [-0.4, -0.2) is 4.40 Å². The van der Waals surface area contributed by atoms with Crippen LogP contribution in [0.2, 0.25) is 0 Å². The van der Waals surface area contributed by atoms with Crippen LogP contribution in [0.4, 0.5) is 0 Å². The molecule has 0 N–H and O–H groups in total. The number of hydrogen-bond acceptors (Lipinski definition) is 0. The average Bonchev–Trinajstić information content (AvgIpc) is 3.19. The zero-order chi connectivity index (χ0) is 23.2. The fourth-order valence-corrected chi connectivity index (χ4v) is 6.05. The van der Waals surface area contributed by atoms with Crippen molar-refractivity contribution in [2.75, 3.05) is 0 Å². The highest BCUT2D eigenvalue weighted by atomic mass is 15.0. The fraction of sp³-hybridized carbons (Fsp3) is 0.156. The van der Waals surface area contributed by atoms with Gasteiger partial charge in [-0.1, -0.05) is 74.5 Å². The number of aryl methyl sites for hydroxylation is 2. The van der Waals surface area contributed by atoms with Crippen LogP contribution in [-0.2, 0) is 12.5 Å². The monoisotopic (exact) mass is 439 g/mol. The van der Waals surface area contributed by atoms with Gasteiger partial charge in [-0.2, -0.15) is 0 Å². The van der Waals surface area contributed by atoms with E-state index in [1.807, 2.05) is 0 Å². The molecule has 0 atom stereocenters. The molecule has 0 saturated carbocycles. The number of hydrogen-bond donors (Lipinski definition) is 0. The molecule has 3 heterocycles. The van der Waals surface area contributed by atoms with E-state index in [0.29, 0.717) is 0 Å². The van der Waals surface area contributed by atoms with Crippen molar-refractivity contribution in [2.45, 2.75) is 26.2 Å². The predicted octanol–water partition coefficient (Wildman–Crippen LogP) is 7.45. The summed E-state index contributed by atoms with van der Waals surface area (Å²) in [5.74, 6) is 0. The molecule has 0 aliphatic rings. The first-order valence-electron chi connectivity index (χ1n) is 12.0. The lowest BCUT2D eigenvalue weighted by atomic mass is 9.77. The Morgan fingerprint density at radius 2 is 1.47 bits per heavy atom. The molecule has 0 bridgehead atoms. The lowest BCUT2D eigenvalue weighted by molar-refractivity contribution is -0.643. The van der Waals surface area contributed by atoms with Gasteiger partial charge in [-0.3, -0.25) is 0 Å². The summed E-state index contributed by atoms with van der Waals surface area (Å²) in [6.07, 6.45) is 2.22. The third-order valence-corrected chi connectivity index (χ3v) is 7.96. The summed E-state index contributed by atoms with van der Waals surface area (Å²) in [5, 5.41) is 6.62. The summed E-state index contributed by atoms with van der Waals surface area (Å²) in [7, 11) is 2.18. The molecule has 0 radical (unpaired) electrons. The van der Waals surface area contributed by atoms with Crippen molar-refractivity contribution in [2.24, 2.45) is 7.05 Å². The first-order valence-corrected chi connectivity index (χ1v) is 12.0. The van der Waals surface area contributed by atoms with E-state index in [2.05, 4.69) is 128 Å². The Morgan fingerprint density at radius 3 is 2.29 bits per heavy atom. The number of benzene rings is 4. The summed E-state index contributed by atoms with van der Waals surface area (Å²) in [6, 6.07) is 31.4. The lowest BCUT2D eigenvalue weighted by Gasteiger charge is -2.27. The molecule has 0 aliphatic carbocycles. The Hall–Kier alpha value is -3.91. The van der Waals surface area contributed by atoms with E-state index in [0.717, 1.165) is 0 Å². The Morgan fingerprint density at radius 1 is 0.706 bits per heavy atom. The molecule has 4 aromatic carbocycles. The number of nitrogens with zero attached hydrogens (tertiary/aromatic N) is 2. The average molecular weight is 440 g/mol. The Bertz CT molecular complexity index is 1890. The van der Waals surface area contributed by atoms with Crippen LogP contribution in [0.5, 0.6) is 0 Å². The SMILES string of the molecule is Cc1ccc2c3ccccc3n3c4cc(C(C)(C)c5ccccc5)cc5cc[n+](C)c(c1c23)c54. The van der Waals surface area contributed by atoms with Crippen LogP contribution in [0.25, 0.3) is 49.0 Å². The van der Waals surface area contributed by atoms with Crippen molar-refractivity contribution in [3.8, 4) is 0 Å². The van der Waals surface area contributed by atoms with Gasteiger partial charge in [0.05, 0.1) is 27.3 Å². The largest absolute Gasteiger partial charge is 0.307 e. The van der Waals surface area contributed by atoms with Crippen molar-refractivity contribution < 1.29 is 4.57 Å². The van der Waals surface area contributed by atoms with Crippen LogP contribution < -0.4 is 4.57 Å². The normalized spacial score (nSPS) is 12.7. The molecule has 7 aromatic rings. The second kappa shape index (κ2) is 6.57. The van der Waals surface area contributed by atoms with Gasteiger partial charge in [0.1, 0.15) is 7.05 Å². The van der Waals surface area contributed by atoms with E-state index in [4.69, 9.17) is 0 Å². The number of pyridine rings is 2. The van der Waals surface area contributed by atoms with Crippen LogP contribution in [0, 0.1) is 6.92 Å². The van der Waals surface area contributed by atoms with Gasteiger partial charge in [0.15, 0.2) is 6.20 Å². The fourth-order valence-electron chi connectivity index (χ4n) is 6.05. The predicted molar refractivity (Wildman–Crippen MR) is 143 cm³/mol. The van der Waals surface area contributed by atoms with Gasteiger partial charge in [0.2, 0.25) is 5.52 Å². The van der Waals surface area contributed by atoms with Crippen molar-refractivity contribution in [3.05, 3.63) is 108 Å². The second-order valence-electron chi connectivity index (χ2n) is 10.2. The maximum absolute atomic E-state index is 2.52. The van der Waals surface area contributed by atoms with E-state index in [9.17, 15) is 0 Å². The van der Waals surface area contributed by atoms with E-state index in [1.54, 1.807) is 0 Å². The molecule has 0 saturated heterocycles. The van der Waals surface area contributed by atoms with E-state index < -0.39 is 0 Å². The first-order chi connectivity index (χ1) is 16.5. The van der Waals surface area contributed by atoms with Gasteiger partial charge in [-0.15, -0.1) is 0 Å². The molecule has 0 fully saturated rings. The third kappa shape index (κ3) is 2.38. The molecule has 164 valence electrons.